The number of nitrogen functional groups attached to an aromatic ring is 1. The first-order chi connectivity index (χ1) is 9.95. The average molecular weight is 325 g/mol. The van der Waals surface area contributed by atoms with Crippen molar-refractivity contribution in [2.75, 3.05) is 11.1 Å². The van der Waals surface area contributed by atoms with E-state index in [9.17, 15) is 9.18 Å². The summed E-state index contributed by atoms with van der Waals surface area (Å²) in [6, 6.07) is 8.69. The van der Waals surface area contributed by atoms with Gasteiger partial charge in [-0.3, -0.25) is 4.79 Å². The molecule has 0 atom stereocenters. The summed E-state index contributed by atoms with van der Waals surface area (Å²) < 4.78 is 12.9. The molecule has 1 amide bonds. The lowest BCUT2D eigenvalue weighted by atomic mass is 10.2. The van der Waals surface area contributed by atoms with Gasteiger partial charge in [0.05, 0.1) is 11.4 Å². The van der Waals surface area contributed by atoms with Crippen LogP contribution in [0, 0.1) is 5.82 Å². The van der Waals surface area contributed by atoms with Gasteiger partial charge in [-0.05, 0) is 42.0 Å². The van der Waals surface area contributed by atoms with Gasteiger partial charge in [-0.1, -0.05) is 29.3 Å². The number of benzene rings is 2. The van der Waals surface area contributed by atoms with Gasteiger partial charge in [0.15, 0.2) is 0 Å². The third-order valence-electron chi connectivity index (χ3n) is 2.65. The number of anilines is 2. The van der Waals surface area contributed by atoms with Crippen LogP contribution < -0.4 is 11.1 Å². The number of halogens is 3. The second-order valence-corrected chi connectivity index (χ2v) is 5.06. The number of hydrogen-bond acceptors (Lipinski definition) is 2. The highest BCUT2D eigenvalue weighted by molar-refractivity contribution is 6.35. The molecule has 0 radical (unpaired) electrons. The number of carbonyl (C=O) groups is 1. The molecular formula is C15H11Cl2FN2O. The second kappa shape index (κ2) is 6.61. The molecule has 0 spiro atoms. The molecule has 0 saturated carbocycles. The van der Waals surface area contributed by atoms with E-state index in [1.165, 1.54) is 18.2 Å². The van der Waals surface area contributed by atoms with E-state index in [1.807, 2.05) is 0 Å². The van der Waals surface area contributed by atoms with Crippen molar-refractivity contribution < 1.29 is 9.18 Å². The Bertz CT molecular complexity index is 717. The topological polar surface area (TPSA) is 55.1 Å². The fraction of sp³-hybridized carbons (Fsp3) is 0. The minimum Gasteiger partial charge on any atom is -0.397 e. The van der Waals surface area contributed by atoms with Crippen LogP contribution in [0.4, 0.5) is 15.8 Å². The monoisotopic (exact) mass is 324 g/mol. The van der Waals surface area contributed by atoms with Crippen LogP contribution in [0.15, 0.2) is 42.5 Å². The lowest BCUT2D eigenvalue weighted by Gasteiger charge is -2.06. The summed E-state index contributed by atoms with van der Waals surface area (Å²) in [7, 11) is 0. The minimum atomic E-state index is -0.464. The van der Waals surface area contributed by atoms with Crippen molar-refractivity contribution in [3.8, 4) is 0 Å². The molecule has 2 aromatic carbocycles. The fourth-order valence-corrected chi connectivity index (χ4v) is 2.10. The third kappa shape index (κ3) is 4.21. The van der Waals surface area contributed by atoms with Gasteiger partial charge in [0.2, 0.25) is 5.91 Å². The molecule has 0 saturated heterocycles. The zero-order valence-electron chi connectivity index (χ0n) is 10.7. The van der Waals surface area contributed by atoms with Crippen LogP contribution in [0.3, 0.4) is 0 Å². The van der Waals surface area contributed by atoms with Crippen molar-refractivity contribution in [3.05, 3.63) is 63.9 Å². The minimum absolute atomic E-state index is 0.154. The molecule has 3 N–H and O–H groups in total. The lowest BCUT2D eigenvalue weighted by molar-refractivity contribution is -0.111. The van der Waals surface area contributed by atoms with Gasteiger partial charge in [0.1, 0.15) is 5.82 Å². The molecule has 2 aromatic rings. The van der Waals surface area contributed by atoms with E-state index < -0.39 is 11.7 Å². The molecule has 0 fully saturated rings. The molecule has 21 heavy (non-hydrogen) atoms. The van der Waals surface area contributed by atoms with Crippen LogP contribution in [0.1, 0.15) is 5.56 Å². The first kappa shape index (κ1) is 15.4. The van der Waals surface area contributed by atoms with Crippen LogP contribution in [0.5, 0.6) is 0 Å². The van der Waals surface area contributed by atoms with E-state index in [1.54, 1.807) is 24.3 Å². The molecule has 0 unspecified atom stereocenters. The maximum absolute atomic E-state index is 12.9. The number of carbonyl (C=O) groups excluding carboxylic acids is 1. The van der Waals surface area contributed by atoms with Crippen molar-refractivity contribution in [1.29, 1.82) is 0 Å². The summed E-state index contributed by atoms with van der Waals surface area (Å²) in [4.78, 5) is 11.8. The fourth-order valence-electron chi connectivity index (χ4n) is 1.62. The van der Waals surface area contributed by atoms with Gasteiger partial charge in [-0.15, -0.1) is 0 Å². The van der Waals surface area contributed by atoms with E-state index >= 15 is 0 Å². The SMILES string of the molecule is Nc1cc(F)ccc1NC(=O)/C=C/c1ccc(Cl)cc1Cl. The first-order valence-corrected chi connectivity index (χ1v) is 6.70. The van der Waals surface area contributed by atoms with E-state index in [0.717, 1.165) is 6.07 Å². The number of rotatable bonds is 3. The quantitative estimate of drug-likeness (QED) is 0.650. The number of hydrogen-bond donors (Lipinski definition) is 2. The van der Waals surface area contributed by atoms with Crippen molar-refractivity contribution in [1.82, 2.24) is 0 Å². The van der Waals surface area contributed by atoms with E-state index in [0.29, 0.717) is 21.3 Å². The Morgan fingerprint density at radius 2 is 1.95 bits per heavy atom. The highest BCUT2D eigenvalue weighted by Gasteiger charge is 2.04. The van der Waals surface area contributed by atoms with E-state index in [-0.39, 0.29) is 5.69 Å². The summed E-state index contributed by atoms with van der Waals surface area (Å²) >= 11 is 11.8. The summed E-state index contributed by atoms with van der Waals surface area (Å²) in [5.41, 5.74) is 6.75. The molecule has 2 rings (SSSR count). The van der Waals surface area contributed by atoms with Crippen molar-refractivity contribution >= 4 is 46.6 Å². The molecule has 0 bridgehead atoms. The van der Waals surface area contributed by atoms with Gasteiger partial charge in [-0.2, -0.15) is 0 Å². The summed E-state index contributed by atoms with van der Waals surface area (Å²) in [5, 5.41) is 3.50. The van der Waals surface area contributed by atoms with Crippen LogP contribution in [-0.4, -0.2) is 5.91 Å². The number of nitrogens with one attached hydrogen (secondary N) is 1. The molecular weight excluding hydrogens is 314 g/mol. The van der Waals surface area contributed by atoms with E-state index in [2.05, 4.69) is 5.32 Å². The number of amides is 1. The second-order valence-electron chi connectivity index (χ2n) is 4.22. The number of nitrogens with two attached hydrogens (primary N) is 1. The van der Waals surface area contributed by atoms with Crippen molar-refractivity contribution in [3.63, 3.8) is 0 Å². The van der Waals surface area contributed by atoms with Gasteiger partial charge < -0.3 is 11.1 Å². The lowest BCUT2D eigenvalue weighted by Crippen LogP contribution is -2.09. The Labute approximate surface area is 131 Å². The molecule has 0 aliphatic rings. The van der Waals surface area contributed by atoms with Crippen LogP contribution in [0.2, 0.25) is 10.0 Å². The van der Waals surface area contributed by atoms with E-state index in [4.69, 9.17) is 28.9 Å². The van der Waals surface area contributed by atoms with Gasteiger partial charge >= 0.3 is 0 Å². The molecule has 3 nitrogen and oxygen atoms in total. The normalized spacial score (nSPS) is 10.8. The molecule has 0 heterocycles. The average Bonchev–Trinajstić information content (AvgIpc) is 2.41. The van der Waals surface area contributed by atoms with Crippen LogP contribution >= 0.6 is 23.2 Å². The summed E-state index contributed by atoms with van der Waals surface area (Å²) in [6.07, 6.45) is 2.85. The van der Waals surface area contributed by atoms with Gasteiger partial charge in [0, 0.05) is 16.1 Å². The molecule has 108 valence electrons. The Morgan fingerprint density at radius 3 is 2.62 bits per heavy atom. The zero-order chi connectivity index (χ0) is 15.4. The Balaban J connectivity index is 2.09. The Kier molecular flexibility index (Phi) is 4.83. The predicted octanol–water partition coefficient (Wildman–Crippen LogP) is 4.37. The van der Waals surface area contributed by atoms with Crippen molar-refractivity contribution in [2.45, 2.75) is 0 Å². The van der Waals surface area contributed by atoms with Gasteiger partial charge in [0.25, 0.3) is 0 Å². The summed E-state index contributed by atoms with van der Waals surface area (Å²) in [5.74, 6) is -0.867. The standard InChI is InChI=1S/C15H11Cl2FN2O/c16-10-3-1-9(12(17)7-10)2-6-15(21)20-14-5-4-11(18)8-13(14)19/h1-8H,19H2,(H,20,21)/b6-2+. The van der Waals surface area contributed by atoms with Gasteiger partial charge in [-0.25, -0.2) is 4.39 Å². The first-order valence-electron chi connectivity index (χ1n) is 5.95. The van der Waals surface area contributed by atoms with Crippen LogP contribution in [-0.2, 0) is 4.79 Å². The van der Waals surface area contributed by atoms with Crippen LogP contribution in [0.25, 0.3) is 6.08 Å². The molecule has 6 heteroatoms. The summed E-state index contributed by atoms with van der Waals surface area (Å²) in [6.45, 7) is 0. The highest BCUT2D eigenvalue weighted by atomic mass is 35.5. The highest BCUT2D eigenvalue weighted by Crippen LogP contribution is 2.22. The maximum Gasteiger partial charge on any atom is 0.248 e. The Hall–Kier alpha value is -2.04. The zero-order valence-corrected chi connectivity index (χ0v) is 12.3. The Morgan fingerprint density at radius 1 is 1.19 bits per heavy atom. The molecule has 0 aliphatic heterocycles. The largest absolute Gasteiger partial charge is 0.397 e. The maximum atomic E-state index is 12.9. The molecule has 0 aliphatic carbocycles. The smallest absolute Gasteiger partial charge is 0.248 e. The predicted molar refractivity (Wildman–Crippen MR) is 84.9 cm³/mol. The molecule has 0 aromatic heterocycles. The van der Waals surface area contributed by atoms with Crippen molar-refractivity contribution in [2.24, 2.45) is 0 Å². The third-order valence-corrected chi connectivity index (χ3v) is 3.21.